The Hall–Kier alpha value is -2.31. The molecule has 3 nitrogen and oxygen atoms in total. The number of rotatable bonds is 1. The maximum absolute atomic E-state index is 12.7. The van der Waals surface area contributed by atoms with Gasteiger partial charge in [-0.1, -0.05) is 24.3 Å². The lowest BCUT2D eigenvalue weighted by molar-refractivity contribution is -0.141. The third kappa shape index (κ3) is 3.15. The molecule has 0 saturated heterocycles. The SMILES string of the molecule is Cl.FC(F)(F)c1ccc(C2NCc3ccccc3-n3cccc32)cn1. The zero-order valence-corrected chi connectivity index (χ0v) is 13.8. The molecule has 0 saturated carbocycles. The summed E-state index contributed by atoms with van der Waals surface area (Å²) in [7, 11) is 0. The Labute approximate surface area is 148 Å². The van der Waals surface area contributed by atoms with E-state index < -0.39 is 11.9 Å². The van der Waals surface area contributed by atoms with Crippen molar-refractivity contribution in [2.24, 2.45) is 0 Å². The molecular formula is C18H15ClF3N3. The Morgan fingerprint density at radius 1 is 1.04 bits per heavy atom. The molecule has 3 heterocycles. The fraction of sp³-hybridized carbons (Fsp3) is 0.167. The van der Waals surface area contributed by atoms with Crippen LogP contribution in [-0.2, 0) is 12.7 Å². The van der Waals surface area contributed by atoms with Crippen molar-refractivity contribution in [3.63, 3.8) is 0 Å². The van der Waals surface area contributed by atoms with Crippen LogP contribution >= 0.6 is 12.4 Å². The van der Waals surface area contributed by atoms with Gasteiger partial charge in [-0.15, -0.1) is 12.4 Å². The van der Waals surface area contributed by atoms with E-state index in [1.807, 2.05) is 42.6 Å². The Bertz CT molecular complexity index is 872. The number of pyridine rings is 1. The minimum absolute atomic E-state index is 0. The summed E-state index contributed by atoms with van der Waals surface area (Å²) in [6.07, 6.45) is -1.16. The Kier molecular flexibility index (Phi) is 4.58. The molecule has 1 unspecified atom stereocenters. The highest BCUT2D eigenvalue weighted by molar-refractivity contribution is 5.85. The maximum atomic E-state index is 12.7. The minimum atomic E-state index is -4.42. The zero-order valence-electron chi connectivity index (χ0n) is 13.0. The molecule has 1 aliphatic rings. The van der Waals surface area contributed by atoms with Crippen LogP contribution in [0.15, 0.2) is 60.9 Å². The molecule has 1 aliphatic heterocycles. The van der Waals surface area contributed by atoms with Gasteiger partial charge in [-0.2, -0.15) is 13.2 Å². The first-order valence-corrected chi connectivity index (χ1v) is 7.56. The zero-order chi connectivity index (χ0) is 16.7. The molecule has 1 N–H and O–H groups in total. The third-order valence-electron chi connectivity index (χ3n) is 4.23. The largest absolute Gasteiger partial charge is 0.433 e. The quantitative estimate of drug-likeness (QED) is 0.688. The number of aromatic nitrogens is 2. The fourth-order valence-electron chi connectivity index (χ4n) is 3.09. The van der Waals surface area contributed by atoms with Crippen molar-refractivity contribution in [3.05, 3.63) is 83.4 Å². The topological polar surface area (TPSA) is 29.9 Å². The lowest BCUT2D eigenvalue weighted by Gasteiger charge is -2.18. The Morgan fingerprint density at radius 2 is 1.84 bits per heavy atom. The van der Waals surface area contributed by atoms with Gasteiger partial charge in [0.2, 0.25) is 0 Å². The van der Waals surface area contributed by atoms with Gasteiger partial charge in [0, 0.05) is 30.3 Å². The van der Waals surface area contributed by atoms with Crippen molar-refractivity contribution in [2.75, 3.05) is 0 Å². The minimum Gasteiger partial charge on any atom is -0.319 e. The monoisotopic (exact) mass is 365 g/mol. The van der Waals surface area contributed by atoms with Crippen molar-refractivity contribution in [2.45, 2.75) is 18.8 Å². The second-order valence-corrected chi connectivity index (χ2v) is 5.72. The average Bonchev–Trinajstić information content (AvgIpc) is 2.99. The van der Waals surface area contributed by atoms with E-state index in [9.17, 15) is 13.2 Å². The maximum Gasteiger partial charge on any atom is 0.433 e. The number of hydrogen-bond donors (Lipinski definition) is 1. The van der Waals surface area contributed by atoms with E-state index in [-0.39, 0.29) is 18.4 Å². The van der Waals surface area contributed by atoms with Crippen LogP contribution in [0, 0.1) is 0 Å². The second-order valence-electron chi connectivity index (χ2n) is 5.72. The first kappa shape index (κ1) is 17.5. The van der Waals surface area contributed by atoms with Crippen molar-refractivity contribution in [1.29, 1.82) is 0 Å². The van der Waals surface area contributed by atoms with Crippen LogP contribution in [-0.4, -0.2) is 9.55 Å². The highest BCUT2D eigenvalue weighted by Gasteiger charge is 2.32. The number of nitrogens with zero attached hydrogens (tertiary/aromatic N) is 2. The Balaban J connectivity index is 0.00000182. The number of fused-ring (bicyclic) bond motifs is 3. The number of para-hydroxylation sites is 1. The van der Waals surface area contributed by atoms with Gasteiger partial charge in [0.15, 0.2) is 0 Å². The second kappa shape index (κ2) is 6.54. The normalized spacial score (nSPS) is 16.4. The van der Waals surface area contributed by atoms with Crippen LogP contribution in [0.4, 0.5) is 13.2 Å². The van der Waals surface area contributed by atoms with Gasteiger partial charge in [-0.25, -0.2) is 0 Å². The highest BCUT2D eigenvalue weighted by atomic mass is 35.5. The van der Waals surface area contributed by atoms with Crippen molar-refractivity contribution in [3.8, 4) is 5.69 Å². The molecule has 2 aromatic heterocycles. The summed E-state index contributed by atoms with van der Waals surface area (Å²) in [4.78, 5) is 3.59. The van der Waals surface area contributed by atoms with Gasteiger partial charge in [-0.05, 0) is 35.4 Å². The van der Waals surface area contributed by atoms with Gasteiger partial charge in [0.05, 0.1) is 6.04 Å². The summed E-state index contributed by atoms with van der Waals surface area (Å²) < 4.78 is 40.2. The van der Waals surface area contributed by atoms with Gasteiger partial charge in [0.1, 0.15) is 5.69 Å². The van der Waals surface area contributed by atoms with Crippen LogP contribution in [0.25, 0.3) is 5.69 Å². The molecule has 130 valence electrons. The van der Waals surface area contributed by atoms with Crippen LogP contribution in [0.1, 0.15) is 28.6 Å². The lowest BCUT2D eigenvalue weighted by atomic mass is 10.1. The molecule has 4 rings (SSSR count). The van der Waals surface area contributed by atoms with Gasteiger partial charge >= 0.3 is 6.18 Å². The molecule has 25 heavy (non-hydrogen) atoms. The Morgan fingerprint density at radius 3 is 2.56 bits per heavy atom. The molecule has 0 radical (unpaired) electrons. The average molecular weight is 366 g/mol. The smallest absolute Gasteiger partial charge is 0.319 e. The van der Waals surface area contributed by atoms with Crippen LogP contribution in [0.2, 0.25) is 0 Å². The predicted octanol–water partition coefficient (Wildman–Crippen LogP) is 4.51. The summed E-state index contributed by atoms with van der Waals surface area (Å²) in [5.41, 5.74) is 3.01. The van der Waals surface area contributed by atoms with Crippen molar-refractivity contribution in [1.82, 2.24) is 14.9 Å². The summed E-state index contributed by atoms with van der Waals surface area (Å²) in [5.74, 6) is 0. The molecule has 0 amide bonds. The standard InChI is InChI=1S/C18H14F3N3.ClH/c19-18(20,21)16-8-7-13(11-22-16)17-15-6-3-9-24(15)14-5-2-1-4-12(14)10-23-17;/h1-9,11,17,23H,10H2;1H. The molecule has 0 aliphatic carbocycles. The van der Waals surface area contributed by atoms with Crippen molar-refractivity contribution >= 4 is 12.4 Å². The fourth-order valence-corrected chi connectivity index (χ4v) is 3.09. The van der Waals surface area contributed by atoms with Gasteiger partial charge < -0.3 is 9.88 Å². The molecule has 0 fully saturated rings. The number of halogens is 4. The van der Waals surface area contributed by atoms with Crippen molar-refractivity contribution < 1.29 is 13.2 Å². The first-order valence-electron chi connectivity index (χ1n) is 7.56. The predicted molar refractivity (Wildman–Crippen MR) is 90.9 cm³/mol. The summed E-state index contributed by atoms with van der Waals surface area (Å²) in [6, 6.07) is 14.2. The number of alkyl halides is 3. The highest BCUT2D eigenvalue weighted by Crippen LogP contribution is 2.32. The number of nitrogens with one attached hydrogen (secondary N) is 1. The molecule has 1 atom stereocenters. The molecular weight excluding hydrogens is 351 g/mol. The van der Waals surface area contributed by atoms with E-state index in [0.29, 0.717) is 12.1 Å². The molecule has 0 bridgehead atoms. The van der Waals surface area contributed by atoms with E-state index in [1.54, 1.807) is 0 Å². The van der Waals surface area contributed by atoms with Crippen LogP contribution in [0.3, 0.4) is 0 Å². The van der Waals surface area contributed by atoms with Crippen LogP contribution < -0.4 is 5.32 Å². The van der Waals surface area contributed by atoms with E-state index in [4.69, 9.17) is 0 Å². The summed E-state index contributed by atoms with van der Waals surface area (Å²) in [6.45, 7) is 0.629. The van der Waals surface area contributed by atoms with Gasteiger partial charge in [-0.3, -0.25) is 4.98 Å². The summed E-state index contributed by atoms with van der Waals surface area (Å²) in [5, 5.41) is 3.41. The third-order valence-corrected chi connectivity index (χ3v) is 4.23. The molecule has 0 spiro atoms. The molecule has 1 aromatic carbocycles. The number of benzene rings is 1. The molecule has 3 aromatic rings. The van der Waals surface area contributed by atoms with E-state index in [1.165, 1.54) is 12.3 Å². The van der Waals surface area contributed by atoms with Gasteiger partial charge in [0.25, 0.3) is 0 Å². The first-order chi connectivity index (χ1) is 11.5. The van der Waals surface area contributed by atoms with E-state index in [2.05, 4.69) is 14.9 Å². The molecule has 7 heteroatoms. The summed E-state index contributed by atoms with van der Waals surface area (Å²) >= 11 is 0. The van der Waals surface area contributed by atoms with E-state index in [0.717, 1.165) is 23.0 Å². The number of hydrogen-bond acceptors (Lipinski definition) is 2. The lowest BCUT2D eigenvalue weighted by Crippen LogP contribution is -2.21. The van der Waals surface area contributed by atoms with Crippen LogP contribution in [0.5, 0.6) is 0 Å². The van der Waals surface area contributed by atoms with E-state index >= 15 is 0 Å².